The van der Waals surface area contributed by atoms with E-state index in [1.165, 1.54) is 16.9 Å². The highest BCUT2D eigenvalue weighted by Gasteiger charge is 2.21. The molecule has 5 nitrogen and oxygen atoms in total. The van der Waals surface area contributed by atoms with Crippen LogP contribution in [0, 0.1) is 13.8 Å². The fraction of sp³-hybridized carbons (Fsp3) is 0.292. The van der Waals surface area contributed by atoms with Gasteiger partial charge in [-0.15, -0.1) is 11.3 Å². The summed E-state index contributed by atoms with van der Waals surface area (Å²) in [5.41, 5.74) is 3.72. The van der Waals surface area contributed by atoms with E-state index in [0.29, 0.717) is 0 Å². The van der Waals surface area contributed by atoms with E-state index in [0.717, 1.165) is 26.8 Å². The van der Waals surface area contributed by atoms with Gasteiger partial charge in [0.05, 0.1) is 17.1 Å². The quantitative estimate of drug-likeness (QED) is 0.505. The molecule has 0 aliphatic rings. The molecule has 0 saturated heterocycles. The van der Waals surface area contributed by atoms with Crippen molar-refractivity contribution < 1.29 is 14.3 Å². The Morgan fingerprint density at radius 2 is 1.70 bits per heavy atom. The van der Waals surface area contributed by atoms with Gasteiger partial charge >= 0.3 is 5.97 Å². The van der Waals surface area contributed by atoms with Gasteiger partial charge in [0.15, 0.2) is 6.61 Å². The molecule has 6 heteroatoms. The minimum atomic E-state index is -0.433. The van der Waals surface area contributed by atoms with Crippen LogP contribution < -0.4 is 4.90 Å². The number of carbonyl (C=O) groups excluding carboxylic acids is 2. The van der Waals surface area contributed by atoms with E-state index in [4.69, 9.17) is 4.74 Å². The molecule has 2 aromatic carbocycles. The minimum Gasteiger partial charge on any atom is -0.455 e. The standard InChI is InChI=1S/C24H26N2O3S/c1-16(2)26(20-8-6-5-7-9-20)22(27)15-29-23(28)14-21-24(25-18(4)30-21)19-12-10-17(3)11-13-19/h5-13,16H,14-15H2,1-4H3. The maximum Gasteiger partial charge on any atom is 0.311 e. The van der Waals surface area contributed by atoms with Gasteiger partial charge < -0.3 is 9.64 Å². The van der Waals surface area contributed by atoms with Gasteiger partial charge in [-0.25, -0.2) is 4.98 Å². The molecule has 0 fully saturated rings. The predicted octanol–water partition coefficient (Wildman–Crippen LogP) is 4.95. The number of thiazole rings is 1. The first-order chi connectivity index (χ1) is 14.3. The van der Waals surface area contributed by atoms with E-state index in [2.05, 4.69) is 4.98 Å². The van der Waals surface area contributed by atoms with E-state index >= 15 is 0 Å². The van der Waals surface area contributed by atoms with Crippen molar-refractivity contribution >= 4 is 28.9 Å². The molecule has 0 aliphatic heterocycles. The van der Waals surface area contributed by atoms with Gasteiger partial charge in [0, 0.05) is 22.2 Å². The molecule has 30 heavy (non-hydrogen) atoms. The van der Waals surface area contributed by atoms with Crippen LogP contribution in [0.5, 0.6) is 0 Å². The van der Waals surface area contributed by atoms with E-state index in [1.54, 1.807) is 4.90 Å². The smallest absolute Gasteiger partial charge is 0.311 e. The molecule has 3 aromatic rings. The SMILES string of the molecule is Cc1ccc(-c2nc(C)sc2CC(=O)OCC(=O)N(c2ccccc2)C(C)C)cc1. The van der Waals surface area contributed by atoms with Crippen molar-refractivity contribution in [2.24, 2.45) is 0 Å². The Balaban J connectivity index is 1.66. The third kappa shape index (κ3) is 5.33. The normalized spacial score (nSPS) is 10.8. The number of carbonyl (C=O) groups is 2. The highest BCUT2D eigenvalue weighted by molar-refractivity contribution is 7.12. The number of aromatic nitrogens is 1. The Bertz CT molecular complexity index is 1010. The molecule has 0 bridgehead atoms. The first kappa shape index (κ1) is 21.7. The number of ether oxygens (including phenoxy) is 1. The molecule has 0 aliphatic carbocycles. The minimum absolute atomic E-state index is 0.0455. The van der Waals surface area contributed by atoms with Crippen LogP contribution in [0.4, 0.5) is 5.69 Å². The number of para-hydroxylation sites is 1. The van der Waals surface area contributed by atoms with Crippen LogP contribution in [0.1, 0.15) is 29.3 Å². The summed E-state index contributed by atoms with van der Waals surface area (Å²) in [5.74, 6) is -0.680. The Morgan fingerprint density at radius 1 is 1.03 bits per heavy atom. The molecule has 0 N–H and O–H groups in total. The summed E-state index contributed by atoms with van der Waals surface area (Å²) in [5, 5.41) is 0.888. The second-order valence-electron chi connectivity index (χ2n) is 7.40. The van der Waals surface area contributed by atoms with Crippen molar-refractivity contribution in [3.05, 3.63) is 70.0 Å². The van der Waals surface area contributed by atoms with E-state index < -0.39 is 5.97 Å². The second-order valence-corrected chi connectivity index (χ2v) is 8.69. The summed E-state index contributed by atoms with van der Waals surface area (Å²) in [6, 6.07) is 17.4. The zero-order valence-electron chi connectivity index (χ0n) is 17.7. The topological polar surface area (TPSA) is 59.5 Å². The van der Waals surface area contributed by atoms with Gasteiger partial charge in [0.25, 0.3) is 5.91 Å². The summed E-state index contributed by atoms with van der Waals surface area (Å²) < 4.78 is 5.33. The Labute approximate surface area is 181 Å². The number of amides is 1. The maximum absolute atomic E-state index is 12.7. The molecule has 3 rings (SSSR count). The van der Waals surface area contributed by atoms with Crippen molar-refractivity contribution in [2.45, 2.75) is 40.2 Å². The number of anilines is 1. The lowest BCUT2D eigenvalue weighted by Gasteiger charge is -2.26. The average molecular weight is 423 g/mol. The molecule has 0 radical (unpaired) electrons. The monoisotopic (exact) mass is 422 g/mol. The van der Waals surface area contributed by atoms with Crippen molar-refractivity contribution in [1.82, 2.24) is 4.98 Å². The Morgan fingerprint density at radius 3 is 2.33 bits per heavy atom. The van der Waals surface area contributed by atoms with Crippen LogP contribution in [0.25, 0.3) is 11.3 Å². The largest absolute Gasteiger partial charge is 0.455 e. The maximum atomic E-state index is 12.7. The lowest BCUT2D eigenvalue weighted by Crippen LogP contribution is -2.40. The zero-order chi connectivity index (χ0) is 21.7. The zero-order valence-corrected chi connectivity index (χ0v) is 18.5. The van der Waals surface area contributed by atoms with Crippen LogP contribution in [0.3, 0.4) is 0 Å². The molecule has 0 atom stereocenters. The molecule has 1 heterocycles. The third-order valence-corrected chi connectivity index (χ3v) is 5.58. The van der Waals surface area contributed by atoms with Crippen molar-refractivity contribution in [2.75, 3.05) is 11.5 Å². The molecule has 0 saturated carbocycles. The summed E-state index contributed by atoms with van der Waals surface area (Å²) in [6.07, 6.45) is 0.0923. The van der Waals surface area contributed by atoms with Crippen molar-refractivity contribution in [3.8, 4) is 11.3 Å². The highest BCUT2D eigenvalue weighted by atomic mass is 32.1. The van der Waals surface area contributed by atoms with Crippen LogP contribution in [0.15, 0.2) is 54.6 Å². The molecule has 1 aromatic heterocycles. The van der Waals surface area contributed by atoms with Gasteiger partial charge in [-0.3, -0.25) is 9.59 Å². The molecular formula is C24H26N2O3S. The van der Waals surface area contributed by atoms with Gasteiger partial charge in [0.1, 0.15) is 0 Å². The molecule has 156 valence electrons. The van der Waals surface area contributed by atoms with E-state index in [9.17, 15) is 9.59 Å². The Kier molecular flexibility index (Phi) is 7.00. The first-order valence-corrected chi connectivity index (χ1v) is 10.7. The summed E-state index contributed by atoms with van der Waals surface area (Å²) in [7, 11) is 0. The van der Waals surface area contributed by atoms with Crippen molar-refractivity contribution in [1.29, 1.82) is 0 Å². The molecule has 0 spiro atoms. The first-order valence-electron chi connectivity index (χ1n) is 9.91. The molecular weight excluding hydrogens is 396 g/mol. The van der Waals surface area contributed by atoms with Crippen LogP contribution in [-0.2, 0) is 20.7 Å². The fourth-order valence-corrected chi connectivity index (χ4v) is 4.18. The number of rotatable bonds is 7. The predicted molar refractivity (Wildman–Crippen MR) is 121 cm³/mol. The van der Waals surface area contributed by atoms with Gasteiger partial charge in [0.2, 0.25) is 0 Å². The van der Waals surface area contributed by atoms with Gasteiger partial charge in [-0.1, -0.05) is 48.0 Å². The van der Waals surface area contributed by atoms with Crippen LogP contribution in [-0.4, -0.2) is 29.5 Å². The number of benzene rings is 2. The third-order valence-electron chi connectivity index (χ3n) is 4.61. The van der Waals surface area contributed by atoms with E-state index in [1.807, 2.05) is 82.3 Å². The lowest BCUT2D eigenvalue weighted by atomic mass is 10.1. The number of hydrogen-bond donors (Lipinski definition) is 0. The number of aryl methyl sites for hydroxylation is 2. The number of nitrogens with zero attached hydrogens (tertiary/aromatic N) is 2. The number of hydrogen-bond acceptors (Lipinski definition) is 5. The van der Waals surface area contributed by atoms with Crippen LogP contribution >= 0.6 is 11.3 Å². The summed E-state index contributed by atoms with van der Waals surface area (Å²) >= 11 is 1.48. The second kappa shape index (κ2) is 9.67. The van der Waals surface area contributed by atoms with Crippen LogP contribution in [0.2, 0.25) is 0 Å². The van der Waals surface area contributed by atoms with Gasteiger partial charge in [-0.2, -0.15) is 0 Å². The average Bonchev–Trinajstić information content (AvgIpc) is 3.07. The number of esters is 1. The lowest BCUT2D eigenvalue weighted by molar-refractivity contribution is -0.147. The molecule has 1 amide bonds. The fourth-order valence-electron chi connectivity index (χ4n) is 3.24. The molecule has 0 unspecified atom stereocenters. The summed E-state index contributed by atoms with van der Waals surface area (Å²) in [4.78, 5) is 32.3. The van der Waals surface area contributed by atoms with Crippen molar-refractivity contribution in [3.63, 3.8) is 0 Å². The Hall–Kier alpha value is -2.99. The highest BCUT2D eigenvalue weighted by Crippen LogP contribution is 2.29. The summed E-state index contributed by atoms with van der Waals surface area (Å²) in [6.45, 7) is 7.52. The van der Waals surface area contributed by atoms with Gasteiger partial charge in [-0.05, 0) is 39.8 Å². The van der Waals surface area contributed by atoms with E-state index in [-0.39, 0.29) is 25.0 Å².